The molecule has 0 radical (unpaired) electrons. The second kappa shape index (κ2) is 10.2. The third-order valence-corrected chi connectivity index (χ3v) is 6.66. The fraction of sp³-hybridized carbons (Fsp3) is 0.364. The van der Waals surface area contributed by atoms with Gasteiger partial charge in [-0.3, -0.25) is 9.59 Å². The number of halogens is 1. The molecule has 6 nitrogen and oxygen atoms in total. The first kappa shape index (κ1) is 22.5. The maximum Gasteiger partial charge on any atom is 0.198 e. The molecule has 0 saturated heterocycles. The van der Waals surface area contributed by atoms with Crippen LogP contribution in [0.2, 0.25) is 0 Å². The molecule has 0 saturated carbocycles. The Morgan fingerprint density at radius 1 is 1.20 bits per heavy atom. The molecule has 0 aliphatic rings. The van der Waals surface area contributed by atoms with E-state index in [0.717, 1.165) is 15.9 Å². The van der Waals surface area contributed by atoms with E-state index in [-0.39, 0.29) is 11.6 Å². The van der Waals surface area contributed by atoms with E-state index in [1.54, 1.807) is 12.1 Å². The highest BCUT2D eigenvalue weighted by molar-refractivity contribution is 9.10. The lowest BCUT2D eigenvalue weighted by molar-refractivity contribution is -0.116. The second-order valence-electron chi connectivity index (χ2n) is 7.08. The van der Waals surface area contributed by atoms with E-state index in [4.69, 9.17) is 4.42 Å². The number of carbonyl (C=O) groups is 2. The number of hydrogen-bond donors (Lipinski definition) is 0. The molecule has 0 aliphatic carbocycles. The number of carbonyl (C=O) groups excluding carboxylic acids is 2. The average molecular weight is 490 g/mol. The second-order valence-corrected chi connectivity index (χ2v) is 8.87. The normalized spacial score (nSPS) is 11.1. The maximum atomic E-state index is 12.5. The Labute approximate surface area is 188 Å². The van der Waals surface area contributed by atoms with Crippen LogP contribution in [-0.2, 0) is 24.2 Å². The average Bonchev–Trinajstić information content (AvgIpc) is 3.38. The molecule has 1 aromatic carbocycles. The Morgan fingerprint density at radius 2 is 1.97 bits per heavy atom. The lowest BCUT2D eigenvalue weighted by Gasteiger charge is -2.09. The van der Waals surface area contributed by atoms with Crippen LogP contribution in [0, 0.1) is 13.8 Å². The molecule has 0 spiro atoms. The summed E-state index contributed by atoms with van der Waals surface area (Å²) in [5.74, 6) is 1.49. The van der Waals surface area contributed by atoms with Crippen LogP contribution < -0.4 is 0 Å². The number of ketones is 2. The Balaban J connectivity index is 1.58. The zero-order chi connectivity index (χ0) is 21.7. The first-order valence-electron chi connectivity index (χ1n) is 9.78. The highest BCUT2D eigenvalue weighted by atomic mass is 79.9. The number of thioether (sulfide) groups is 1. The number of rotatable bonds is 10. The summed E-state index contributed by atoms with van der Waals surface area (Å²) >= 11 is 4.94. The van der Waals surface area contributed by atoms with Crippen molar-refractivity contribution in [3.63, 3.8) is 0 Å². The van der Waals surface area contributed by atoms with E-state index < -0.39 is 0 Å². The summed E-state index contributed by atoms with van der Waals surface area (Å²) in [6, 6.07) is 7.47. The van der Waals surface area contributed by atoms with Crippen LogP contribution >= 0.6 is 27.7 Å². The predicted octanol–water partition coefficient (Wildman–Crippen LogP) is 4.99. The number of furan rings is 1. The van der Waals surface area contributed by atoms with Gasteiger partial charge in [0.05, 0.1) is 12.0 Å². The van der Waals surface area contributed by atoms with Crippen LogP contribution in [0.15, 0.2) is 44.6 Å². The summed E-state index contributed by atoms with van der Waals surface area (Å²) in [5.41, 5.74) is 3.37. The van der Waals surface area contributed by atoms with Crippen LogP contribution in [-0.4, -0.2) is 32.1 Å². The van der Waals surface area contributed by atoms with E-state index in [2.05, 4.69) is 45.2 Å². The van der Waals surface area contributed by atoms with Crippen LogP contribution in [0.5, 0.6) is 0 Å². The molecular formula is C22H24BrN3O3S. The molecule has 0 atom stereocenters. The lowest BCUT2D eigenvalue weighted by Crippen LogP contribution is -2.09. The number of hydrogen-bond acceptors (Lipinski definition) is 6. The van der Waals surface area contributed by atoms with Crippen molar-refractivity contribution in [2.75, 3.05) is 5.75 Å². The van der Waals surface area contributed by atoms with Gasteiger partial charge in [0.15, 0.2) is 16.7 Å². The number of Topliss-reactive ketones (excluding diaryl/α,β-unsaturated/α-hetero) is 2. The fourth-order valence-electron chi connectivity index (χ4n) is 3.10. The molecule has 30 heavy (non-hydrogen) atoms. The Bertz CT molecular complexity index is 1040. The minimum absolute atomic E-state index is 0.0611. The standard InChI is InChI=1S/C22H24BrN3O3S/c1-4-26-21(8-7-19(28)20-6-5-9-29-20)24-25-22(26)30-13-17(27)12-16-10-14(2)15(3)11-18(16)23/h5-6,9-11H,4,7-8,12-13H2,1-3H3. The van der Waals surface area contributed by atoms with Crippen LogP contribution in [0.4, 0.5) is 0 Å². The van der Waals surface area contributed by atoms with Crippen molar-refractivity contribution in [2.24, 2.45) is 0 Å². The molecule has 0 bridgehead atoms. The van der Waals surface area contributed by atoms with Gasteiger partial charge in [-0.15, -0.1) is 10.2 Å². The molecular weight excluding hydrogens is 466 g/mol. The first-order valence-corrected chi connectivity index (χ1v) is 11.6. The molecule has 0 fully saturated rings. The number of aryl methyl sites for hydroxylation is 3. The van der Waals surface area contributed by atoms with Crippen molar-refractivity contribution in [3.8, 4) is 0 Å². The van der Waals surface area contributed by atoms with Gasteiger partial charge in [-0.1, -0.05) is 33.8 Å². The minimum Gasteiger partial charge on any atom is -0.461 e. The van der Waals surface area contributed by atoms with Gasteiger partial charge >= 0.3 is 0 Å². The fourth-order valence-corrected chi connectivity index (χ4v) is 4.58. The molecule has 0 aliphatic heterocycles. The number of aromatic nitrogens is 3. The van der Waals surface area contributed by atoms with E-state index in [1.165, 1.54) is 29.2 Å². The molecule has 8 heteroatoms. The summed E-state index contributed by atoms with van der Waals surface area (Å²) in [5, 5.41) is 9.16. The maximum absolute atomic E-state index is 12.5. The Kier molecular flexibility index (Phi) is 7.66. The van der Waals surface area contributed by atoms with Crippen molar-refractivity contribution < 1.29 is 14.0 Å². The minimum atomic E-state index is -0.0611. The highest BCUT2D eigenvalue weighted by Gasteiger charge is 2.16. The zero-order valence-electron chi connectivity index (χ0n) is 17.3. The van der Waals surface area contributed by atoms with Gasteiger partial charge in [0.2, 0.25) is 0 Å². The third-order valence-electron chi connectivity index (χ3n) is 4.89. The SMILES string of the molecule is CCn1c(CCC(=O)c2ccco2)nnc1SCC(=O)Cc1cc(C)c(C)cc1Br. The summed E-state index contributed by atoms with van der Waals surface area (Å²) in [6.45, 7) is 6.78. The summed E-state index contributed by atoms with van der Waals surface area (Å²) in [7, 11) is 0. The van der Waals surface area contributed by atoms with Gasteiger partial charge < -0.3 is 8.98 Å². The predicted molar refractivity (Wildman–Crippen MR) is 120 cm³/mol. The van der Waals surface area contributed by atoms with Gasteiger partial charge in [0.25, 0.3) is 0 Å². The van der Waals surface area contributed by atoms with Gasteiger partial charge in [0, 0.05) is 30.3 Å². The Morgan fingerprint density at radius 3 is 2.67 bits per heavy atom. The van der Waals surface area contributed by atoms with Crippen LogP contribution in [0.3, 0.4) is 0 Å². The van der Waals surface area contributed by atoms with Crippen molar-refractivity contribution in [1.82, 2.24) is 14.8 Å². The van der Waals surface area contributed by atoms with Gasteiger partial charge in [-0.2, -0.15) is 0 Å². The number of nitrogens with zero attached hydrogens (tertiary/aromatic N) is 3. The van der Waals surface area contributed by atoms with E-state index in [0.29, 0.717) is 42.5 Å². The molecule has 3 rings (SSSR count). The van der Waals surface area contributed by atoms with Crippen molar-refractivity contribution >= 4 is 39.3 Å². The molecule has 2 aromatic heterocycles. The zero-order valence-corrected chi connectivity index (χ0v) is 19.7. The third kappa shape index (κ3) is 5.49. The van der Waals surface area contributed by atoms with E-state index in [9.17, 15) is 9.59 Å². The van der Waals surface area contributed by atoms with E-state index in [1.807, 2.05) is 18.4 Å². The quantitative estimate of drug-likeness (QED) is 0.294. The molecule has 0 unspecified atom stereocenters. The van der Waals surface area contributed by atoms with Gasteiger partial charge in [-0.25, -0.2) is 0 Å². The van der Waals surface area contributed by atoms with Crippen molar-refractivity contribution in [1.29, 1.82) is 0 Å². The Hall–Kier alpha value is -2.19. The summed E-state index contributed by atoms with van der Waals surface area (Å²) in [6.07, 6.45) is 2.64. The lowest BCUT2D eigenvalue weighted by atomic mass is 10.0. The molecule has 0 N–H and O–H groups in total. The summed E-state index contributed by atoms with van der Waals surface area (Å²) in [4.78, 5) is 24.7. The van der Waals surface area contributed by atoms with Crippen LogP contribution in [0.1, 0.15) is 46.4 Å². The highest BCUT2D eigenvalue weighted by Crippen LogP contribution is 2.24. The molecule has 0 amide bonds. The number of benzene rings is 1. The first-order chi connectivity index (χ1) is 14.4. The molecule has 158 valence electrons. The monoisotopic (exact) mass is 489 g/mol. The van der Waals surface area contributed by atoms with E-state index >= 15 is 0 Å². The van der Waals surface area contributed by atoms with Crippen molar-refractivity contribution in [2.45, 2.75) is 51.7 Å². The smallest absolute Gasteiger partial charge is 0.198 e. The van der Waals surface area contributed by atoms with Crippen molar-refractivity contribution in [3.05, 3.63) is 63.3 Å². The van der Waals surface area contributed by atoms with Gasteiger partial charge in [-0.05, 0) is 55.7 Å². The van der Waals surface area contributed by atoms with Crippen LogP contribution in [0.25, 0.3) is 0 Å². The topological polar surface area (TPSA) is 78.0 Å². The largest absolute Gasteiger partial charge is 0.461 e. The summed E-state index contributed by atoms with van der Waals surface area (Å²) < 4.78 is 8.06. The molecule has 2 heterocycles. The molecule has 3 aromatic rings. The van der Waals surface area contributed by atoms with Gasteiger partial charge in [0.1, 0.15) is 11.6 Å².